The van der Waals surface area contributed by atoms with E-state index in [9.17, 15) is 22.8 Å². The van der Waals surface area contributed by atoms with Crippen LogP contribution in [0.15, 0.2) is 36.5 Å². The molecule has 0 aliphatic carbocycles. The van der Waals surface area contributed by atoms with Gasteiger partial charge >= 0.3 is 6.18 Å². The molecular formula is C22H27F3N4O2. The van der Waals surface area contributed by atoms with Crippen molar-refractivity contribution >= 4 is 11.8 Å². The molecule has 2 aromatic rings. The number of nitrogens with one attached hydrogen (secondary N) is 1. The SMILES string of the molecule is CCn1ccc(C(=O)N2CCC[C@H](CC(=O)NCCc3ccc(C(F)(F)F)cc3)C2)n1. The lowest BCUT2D eigenvalue weighted by atomic mass is 9.94. The molecule has 2 amide bonds. The average Bonchev–Trinajstić information content (AvgIpc) is 3.22. The Labute approximate surface area is 179 Å². The molecule has 0 unspecified atom stereocenters. The van der Waals surface area contributed by atoms with Crippen molar-refractivity contribution < 1.29 is 22.8 Å². The van der Waals surface area contributed by atoms with Crippen LogP contribution in [0.25, 0.3) is 0 Å². The van der Waals surface area contributed by atoms with Crippen LogP contribution in [0.3, 0.4) is 0 Å². The van der Waals surface area contributed by atoms with Gasteiger partial charge in [0.15, 0.2) is 0 Å². The van der Waals surface area contributed by atoms with Crippen molar-refractivity contribution in [3.63, 3.8) is 0 Å². The number of alkyl halides is 3. The average molecular weight is 436 g/mol. The number of piperidine rings is 1. The molecule has 168 valence electrons. The van der Waals surface area contributed by atoms with Gasteiger partial charge in [-0.15, -0.1) is 0 Å². The lowest BCUT2D eigenvalue weighted by Crippen LogP contribution is -2.41. The van der Waals surface area contributed by atoms with Crippen molar-refractivity contribution in [1.29, 1.82) is 0 Å². The number of aromatic nitrogens is 2. The number of halogens is 3. The summed E-state index contributed by atoms with van der Waals surface area (Å²) in [6.45, 7) is 4.18. The Kier molecular flexibility index (Phi) is 7.35. The van der Waals surface area contributed by atoms with Crippen molar-refractivity contribution in [2.75, 3.05) is 19.6 Å². The van der Waals surface area contributed by atoms with Gasteiger partial charge in [0.2, 0.25) is 5.91 Å². The molecular weight excluding hydrogens is 409 g/mol. The van der Waals surface area contributed by atoms with Gasteiger partial charge in [0.05, 0.1) is 5.56 Å². The maximum atomic E-state index is 12.7. The van der Waals surface area contributed by atoms with Crippen LogP contribution >= 0.6 is 0 Å². The number of hydrogen-bond donors (Lipinski definition) is 1. The number of rotatable bonds is 7. The summed E-state index contributed by atoms with van der Waals surface area (Å²) in [5.74, 6) is -0.141. The first-order chi connectivity index (χ1) is 14.8. The Morgan fingerprint density at radius 2 is 1.94 bits per heavy atom. The summed E-state index contributed by atoms with van der Waals surface area (Å²) in [6.07, 6.45) is -0.0838. The molecule has 0 saturated carbocycles. The summed E-state index contributed by atoms with van der Waals surface area (Å²) >= 11 is 0. The second-order valence-corrected chi connectivity index (χ2v) is 7.81. The summed E-state index contributed by atoms with van der Waals surface area (Å²) in [7, 11) is 0. The Morgan fingerprint density at radius 3 is 2.58 bits per heavy atom. The van der Waals surface area contributed by atoms with Crippen LogP contribution in [-0.4, -0.2) is 46.1 Å². The van der Waals surface area contributed by atoms with Crippen LogP contribution in [0.1, 0.15) is 47.8 Å². The summed E-state index contributed by atoms with van der Waals surface area (Å²) in [5, 5.41) is 7.09. The molecule has 6 nitrogen and oxygen atoms in total. The molecule has 1 aliphatic rings. The molecule has 3 rings (SSSR count). The molecule has 0 bridgehead atoms. The van der Waals surface area contributed by atoms with Crippen molar-refractivity contribution in [1.82, 2.24) is 20.0 Å². The fourth-order valence-electron chi connectivity index (χ4n) is 3.77. The van der Waals surface area contributed by atoms with E-state index >= 15 is 0 Å². The van der Waals surface area contributed by atoms with Gasteiger partial charge in [-0.05, 0) is 55.9 Å². The number of likely N-dealkylation sites (tertiary alicyclic amines) is 1. The molecule has 1 aromatic carbocycles. The zero-order valence-corrected chi connectivity index (χ0v) is 17.5. The van der Waals surface area contributed by atoms with Crippen LogP contribution in [0.4, 0.5) is 13.2 Å². The minimum atomic E-state index is -4.35. The van der Waals surface area contributed by atoms with Gasteiger partial charge < -0.3 is 10.2 Å². The monoisotopic (exact) mass is 436 g/mol. The third-order valence-electron chi connectivity index (χ3n) is 5.48. The number of amides is 2. The third-order valence-corrected chi connectivity index (χ3v) is 5.48. The van der Waals surface area contributed by atoms with Gasteiger partial charge in [0.1, 0.15) is 5.69 Å². The van der Waals surface area contributed by atoms with Crippen molar-refractivity contribution in [3.05, 3.63) is 53.3 Å². The highest BCUT2D eigenvalue weighted by Crippen LogP contribution is 2.29. The molecule has 1 saturated heterocycles. The van der Waals surface area contributed by atoms with E-state index < -0.39 is 11.7 Å². The molecule has 2 heterocycles. The number of carbonyl (C=O) groups is 2. The van der Waals surface area contributed by atoms with Gasteiger partial charge in [-0.25, -0.2) is 0 Å². The van der Waals surface area contributed by atoms with Crippen molar-refractivity contribution in [2.45, 2.75) is 45.3 Å². The van der Waals surface area contributed by atoms with Crippen LogP contribution in [-0.2, 0) is 23.9 Å². The highest BCUT2D eigenvalue weighted by Gasteiger charge is 2.30. The number of aryl methyl sites for hydroxylation is 1. The predicted molar refractivity (Wildman–Crippen MR) is 109 cm³/mol. The van der Waals surface area contributed by atoms with Gasteiger partial charge in [0, 0.05) is 38.8 Å². The Morgan fingerprint density at radius 1 is 1.19 bits per heavy atom. The van der Waals surface area contributed by atoms with Crippen molar-refractivity contribution in [2.24, 2.45) is 5.92 Å². The van der Waals surface area contributed by atoms with Gasteiger partial charge in [-0.1, -0.05) is 12.1 Å². The first-order valence-corrected chi connectivity index (χ1v) is 10.5. The molecule has 0 radical (unpaired) electrons. The normalized spacial score (nSPS) is 16.9. The molecule has 1 fully saturated rings. The Bertz CT molecular complexity index is 893. The molecule has 1 aliphatic heterocycles. The molecule has 9 heteroatoms. The highest BCUT2D eigenvalue weighted by atomic mass is 19.4. The maximum Gasteiger partial charge on any atom is 0.416 e. The summed E-state index contributed by atoms with van der Waals surface area (Å²) in [4.78, 5) is 26.7. The molecule has 1 aromatic heterocycles. The predicted octanol–water partition coefficient (Wildman–Crippen LogP) is 3.52. The van der Waals surface area contributed by atoms with Crippen LogP contribution < -0.4 is 5.32 Å². The fraction of sp³-hybridized carbons (Fsp3) is 0.500. The lowest BCUT2D eigenvalue weighted by molar-refractivity contribution is -0.137. The number of benzene rings is 1. The summed E-state index contributed by atoms with van der Waals surface area (Å²) < 4.78 is 39.5. The summed E-state index contributed by atoms with van der Waals surface area (Å²) in [6, 6.07) is 6.67. The minimum absolute atomic E-state index is 0.0806. The van der Waals surface area contributed by atoms with E-state index in [0.29, 0.717) is 44.7 Å². The Balaban J connectivity index is 1.43. The molecule has 0 spiro atoms. The van der Waals surface area contributed by atoms with E-state index in [1.807, 2.05) is 6.92 Å². The highest BCUT2D eigenvalue weighted by molar-refractivity contribution is 5.92. The third kappa shape index (κ3) is 6.32. The molecule has 1 N–H and O–H groups in total. The Hall–Kier alpha value is -2.84. The minimum Gasteiger partial charge on any atom is -0.356 e. The van der Waals surface area contributed by atoms with E-state index in [-0.39, 0.29) is 17.7 Å². The van der Waals surface area contributed by atoms with Gasteiger partial charge in [-0.2, -0.15) is 18.3 Å². The van der Waals surface area contributed by atoms with Gasteiger partial charge in [-0.3, -0.25) is 14.3 Å². The first kappa shape index (κ1) is 22.8. The zero-order chi connectivity index (χ0) is 22.4. The molecule has 1 atom stereocenters. The number of nitrogens with zero attached hydrogens (tertiary/aromatic N) is 3. The fourth-order valence-corrected chi connectivity index (χ4v) is 3.77. The van der Waals surface area contributed by atoms with Crippen LogP contribution in [0.5, 0.6) is 0 Å². The van der Waals surface area contributed by atoms with E-state index in [1.165, 1.54) is 12.1 Å². The second kappa shape index (κ2) is 9.98. The summed E-state index contributed by atoms with van der Waals surface area (Å²) in [5.41, 5.74) is 0.468. The van der Waals surface area contributed by atoms with Crippen molar-refractivity contribution in [3.8, 4) is 0 Å². The maximum absolute atomic E-state index is 12.7. The lowest BCUT2D eigenvalue weighted by Gasteiger charge is -2.32. The zero-order valence-electron chi connectivity index (χ0n) is 17.5. The van der Waals surface area contributed by atoms with Crippen LogP contribution in [0, 0.1) is 5.92 Å². The standard InChI is InChI=1S/C22H27F3N4O2/c1-2-29-13-10-19(27-29)21(31)28-12-3-4-17(15-28)14-20(30)26-11-9-16-5-7-18(8-6-16)22(23,24)25/h5-8,10,13,17H,2-4,9,11-12,14-15H2,1H3,(H,26,30)/t17-/m1/s1. The number of hydrogen-bond acceptors (Lipinski definition) is 3. The second-order valence-electron chi connectivity index (χ2n) is 7.81. The topological polar surface area (TPSA) is 67.2 Å². The molecule has 31 heavy (non-hydrogen) atoms. The van der Waals surface area contributed by atoms with E-state index in [2.05, 4.69) is 10.4 Å². The largest absolute Gasteiger partial charge is 0.416 e. The van der Waals surface area contributed by atoms with E-state index in [0.717, 1.165) is 30.5 Å². The number of carbonyl (C=O) groups excluding carboxylic acids is 2. The van der Waals surface area contributed by atoms with E-state index in [4.69, 9.17) is 0 Å². The quantitative estimate of drug-likeness (QED) is 0.722. The smallest absolute Gasteiger partial charge is 0.356 e. The first-order valence-electron chi connectivity index (χ1n) is 10.5. The van der Waals surface area contributed by atoms with Gasteiger partial charge in [0.25, 0.3) is 5.91 Å². The van der Waals surface area contributed by atoms with E-state index in [1.54, 1.807) is 21.8 Å². The van der Waals surface area contributed by atoms with Crippen LogP contribution in [0.2, 0.25) is 0 Å².